The van der Waals surface area contributed by atoms with Crippen molar-refractivity contribution in [3.63, 3.8) is 0 Å². The Balaban J connectivity index is 2.23. The van der Waals surface area contributed by atoms with Gasteiger partial charge in [-0.3, -0.25) is 4.68 Å². The number of nitrogens with one attached hydrogen (secondary N) is 1. The molecule has 0 fully saturated rings. The van der Waals surface area contributed by atoms with Gasteiger partial charge < -0.3 is 5.32 Å². The molecule has 108 valence electrons. The Morgan fingerprint density at radius 1 is 1.20 bits per heavy atom. The van der Waals surface area contributed by atoms with E-state index in [-0.39, 0.29) is 0 Å². The van der Waals surface area contributed by atoms with Crippen LogP contribution in [0, 0.1) is 6.92 Å². The van der Waals surface area contributed by atoms with Crippen LogP contribution in [0.25, 0.3) is 0 Å². The lowest BCUT2D eigenvalue weighted by Gasteiger charge is -2.11. The normalized spacial score (nSPS) is 10.9. The van der Waals surface area contributed by atoms with Crippen molar-refractivity contribution in [3.8, 4) is 0 Å². The number of anilines is 1. The van der Waals surface area contributed by atoms with Crippen molar-refractivity contribution in [1.82, 2.24) is 9.78 Å². The zero-order valence-electron chi connectivity index (χ0n) is 11.0. The number of halogens is 4. The van der Waals surface area contributed by atoms with Gasteiger partial charge in [-0.25, -0.2) is 0 Å². The highest BCUT2D eigenvalue weighted by Gasteiger charge is 2.14. The fourth-order valence-corrected chi connectivity index (χ4v) is 2.92. The minimum absolute atomic E-state index is 0.483. The molecule has 0 bridgehead atoms. The van der Waals surface area contributed by atoms with Crippen LogP contribution in [-0.2, 0) is 13.1 Å². The van der Waals surface area contributed by atoms with E-state index in [1.54, 1.807) is 0 Å². The number of hydrogen-bond acceptors (Lipinski definition) is 2. The molecule has 2 aromatic rings. The summed E-state index contributed by atoms with van der Waals surface area (Å²) in [6, 6.07) is 3.71. The van der Waals surface area contributed by atoms with Gasteiger partial charge in [0.15, 0.2) is 0 Å². The van der Waals surface area contributed by atoms with Crippen LogP contribution < -0.4 is 5.32 Å². The molecule has 0 radical (unpaired) electrons. The summed E-state index contributed by atoms with van der Waals surface area (Å²) < 4.78 is 2.64. The van der Waals surface area contributed by atoms with Crippen LogP contribution >= 0.6 is 50.7 Å². The van der Waals surface area contributed by atoms with Crippen LogP contribution in [0.1, 0.15) is 18.3 Å². The average molecular weight is 398 g/mol. The minimum Gasteiger partial charge on any atom is -0.378 e. The fraction of sp³-hybridized carbons (Fsp3) is 0.308. The van der Waals surface area contributed by atoms with Gasteiger partial charge in [-0.1, -0.05) is 34.8 Å². The third-order valence-corrected chi connectivity index (χ3v) is 5.20. The molecule has 0 aliphatic carbocycles. The number of rotatable bonds is 4. The number of nitrogens with zero attached hydrogens (tertiary/aromatic N) is 2. The van der Waals surface area contributed by atoms with Crippen molar-refractivity contribution in [2.75, 3.05) is 5.32 Å². The first-order valence-electron chi connectivity index (χ1n) is 6.04. The smallest absolute Gasteiger partial charge is 0.0865 e. The summed E-state index contributed by atoms with van der Waals surface area (Å²) in [5.74, 6) is 0. The first kappa shape index (κ1) is 16.0. The summed E-state index contributed by atoms with van der Waals surface area (Å²) in [5, 5.41) is 9.27. The number of hydrogen-bond donors (Lipinski definition) is 1. The highest BCUT2D eigenvalue weighted by atomic mass is 79.9. The average Bonchev–Trinajstić information content (AvgIpc) is 2.71. The highest BCUT2D eigenvalue weighted by Crippen LogP contribution is 2.36. The molecule has 1 aromatic heterocycles. The van der Waals surface area contributed by atoms with E-state index in [1.807, 2.05) is 30.7 Å². The zero-order valence-corrected chi connectivity index (χ0v) is 14.8. The lowest BCUT2D eigenvalue weighted by Crippen LogP contribution is -2.08. The number of benzene rings is 1. The van der Waals surface area contributed by atoms with Gasteiger partial charge in [-0.2, -0.15) is 5.10 Å². The van der Waals surface area contributed by atoms with Gasteiger partial charge in [0.05, 0.1) is 38.7 Å². The number of aryl methyl sites for hydroxylation is 2. The van der Waals surface area contributed by atoms with Crippen molar-refractivity contribution in [3.05, 3.63) is 43.1 Å². The molecule has 0 aliphatic rings. The maximum Gasteiger partial charge on any atom is 0.0865 e. The number of aromatic nitrogens is 2. The summed E-state index contributed by atoms with van der Waals surface area (Å²) >= 11 is 21.9. The van der Waals surface area contributed by atoms with E-state index in [0.717, 1.165) is 28.1 Å². The third kappa shape index (κ3) is 3.08. The quantitative estimate of drug-likeness (QED) is 0.686. The molecule has 0 aliphatic heterocycles. The monoisotopic (exact) mass is 395 g/mol. The molecule has 7 heteroatoms. The third-order valence-electron chi connectivity index (χ3n) is 2.93. The van der Waals surface area contributed by atoms with E-state index in [0.29, 0.717) is 21.6 Å². The van der Waals surface area contributed by atoms with Crippen molar-refractivity contribution in [1.29, 1.82) is 0 Å². The van der Waals surface area contributed by atoms with Crippen LogP contribution in [0.15, 0.2) is 16.6 Å². The van der Waals surface area contributed by atoms with Gasteiger partial charge in [0.2, 0.25) is 0 Å². The molecule has 0 amide bonds. The first-order chi connectivity index (χ1) is 9.45. The predicted molar refractivity (Wildman–Crippen MR) is 89.1 cm³/mol. The van der Waals surface area contributed by atoms with Crippen molar-refractivity contribution < 1.29 is 0 Å². The second kappa shape index (κ2) is 6.56. The van der Waals surface area contributed by atoms with Crippen LogP contribution in [-0.4, -0.2) is 9.78 Å². The maximum atomic E-state index is 6.27. The van der Waals surface area contributed by atoms with Gasteiger partial charge in [-0.05, 0) is 41.9 Å². The summed E-state index contributed by atoms with van der Waals surface area (Å²) in [4.78, 5) is 0. The summed E-state index contributed by atoms with van der Waals surface area (Å²) in [6.45, 7) is 5.21. The molecule has 0 saturated carbocycles. The van der Waals surface area contributed by atoms with Gasteiger partial charge in [0.1, 0.15) is 0 Å². The topological polar surface area (TPSA) is 29.9 Å². The Morgan fingerprint density at radius 2 is 1.90 bits per heavy atom. The maximum absolute atomic E-state index is 6.27. The summed E-state index contributed by atoms with van der Waals surface area (Å²) in [5.41, 5.74) is 2.52. The highest BCUT2D eigenvalue weighted by molar-refractivity contribution is 9.10. The molecule has 0 atom stereocenters. The largest absolute Gasteiger partial charge is 0.378 e. The van der Waals surface area contributed by atoms with Crippen LogP contribution in [0.2, 0.25) is 15.1 Å². The van der Waals surface area contributed by atoms with Crippen molar-refractivity contribution in [2.45, 2.75) is 26.9 Å². The predicted octanol–water partition coefficient (Wildman–Crippen LogP) is 5.55. The Morgan fingerprint density at radius 3 is 2.55 bits per heavy atom. The molecular weight excluding hydrogens is 384 g/mol. The molecule has 20 heavy (non-hydrogen) atoms. The SMILES string of the molecule is CCn1nc(C)c(Cl)c1CNc1ccc(Br)c(Cl)c1Cl. The zero-order chi connectivity index (χ0) is 14.9. The Kier molecular flexibility index (Phi) is 5.24. The lowest BCUT2D eigenvalue weighted by atomic mass is 10.3. The molecule has 2 rings (SSSR count). The minimum atomic E-state index is 0.483. The molecule has 3 nitrogen and oxygen atoms in total. The second-order valence-corrected chi connectivity index (χ2v) is 6.23. The first-order valence-corrected chi connectivity index (χ1v) is 7.97. The van der Waals surface area contributed by atoms with Gasteiger partial charge in [-0.15, -0.1) is 0 Å². The van der Waals surface area contributed by atoms with E-state index in [1.165, 1.54) is 0 Å². The van der Waals surface area contributed by atoms with Crippen LogP contribution in [0.4, 0.5) is 5.69 Å². The Hall–Kier alpha value is -0.420. The summed E-state index contributed by atoms with van der Waals surface area (Å²) in [6.07, 6.45) is 0. The van der Waals surface area contributed by atoms with E-state index in [9.17, 15) is 0 Å². The van der Waals surface area contributed by atoms with Crippen LogP contribution in [0.3, 0.4) is 0 Å². The molecule has 0 saturated heterocycles. The molecule has 0 unspecified atom stereocenters. The van der Waals surface area contributed by atoms with Gasteiger partial charge in [0, 0.05) is 11.0 Å². The van der Waals surface area contributed by atoms with Gasteiger partial charge in [0.25, 0.3) is 0 Å². The fourth-order valence-electron chi connectivity index (χ4n) is 1.88. The Labute approximate surface area is 141 Å². The second-order valence-electron chi connectivity index (χ2n) is 4.24. The molecule has 1 heterocycles. The van der Waals surface area contributed by atoms with Crippen LogP contribution in [0.5, 0.6) is 0 Å². The summed E-state index contributed by atoms with van der Waals surface area (Å²) in [7, 11) is 0. The van der Waals surface area contributed by atoms with E-state index < -0.39 is 0 Å². The Bertz CT molecular complexity index is 640. The van der Waals surface area contributed by atoms with E-state index in [4.69, 9.17) is 34.8 Å². The standard InChI is InChI=1S/C13H13BrCl3N3/c1-3-20-10(11(15)7(2)19-20)6-18-9-5-4-8(14)12(16)13(9)17/h4-5,18H,3,6H2,1-2H3. The van der Waals surface area contributed by atoms with E-state index >= 15 is 0 Å². The lowest BCUT2D eigenvalue weighted by molar-refractivity contribution is 0.623. The molecule has 1 N–H and O–H groups in total. The van der Waals surface area contributed by atoms with E-state index in [2.05, 4.69) is 26.3 Å². The molecule has 1 aromatic carbocycles. The van der Waals surface area contributed by atoms with Crippen molar-refractivity contribution in [2.24, 2.45) is 0 Å². The van der Waals surface area contributed by atoms with Crippen molar-refractivity contribution >= 4 is 56.4 Å². The van der Waals surface area contributed by atoms with Gasteiger partial charge >= 0.3 is 0 Å². The molecule has 0 spiro atoms. The molecular formula is C13H13BrCl3N3.